The highest BCUT2D eigenvalue weighted by Gasteiger charge is 2.19. The van der Waals surface area contributed by atoms with Gasteiger partial charge in [-0.15, -0.1) is 0 Å². The molecule has 1 aliphatic rings. The Morgan fingerprint density at radius 2 is 1.97 bits per heavy atom. The van der Waals surface area contributed by atoms with Crippen LogP contribution in [0.4, 0.5) is 4.39 Å². The number of ether oxygens (including phenoxy) is 3. The predicted molar refractivity (Wildman–Crippen MR) is 116 cm³/mol. The third-order valence-electron chi connectivity index (χ3n) is 4.68. The summed E-state index contributed by atoms with van der Waals surface area (Å²) in [6.07, 6.45) is 3.18. The van der Waals surface area contributed by atoms with E-state index in [1.165, 1.54) is 18.3 Å². The van der Waals surface area contributed by atoms with E-state index in [1.54, 1.807) is 30.3 Å². The van der Waals surface area contributed by atoms with Crippen LogP contribution < -0.4 is 20.2 Å². The van der Waals surface area contributed by atoms with Crippen LogP contribution in [0.5, 0.6) is 11.5 Å². The largest absolute Gasteiger partial charge is 0.490 e. The first kappa shape index (κ1) is 23.2. The molecule has 2 aromatic rings. The van der Waals surface area contributed by atoms with Crippen LogP contribution in [0, 0.1) is 5.82 Å². The summed E-state index contributed by atoms with van der Waals surface area (Å²) < 4.78 is 29.8. The normalized spacial score (nSPS) is 15.5. The number of rotatable bonds is 9. The van der Waals surface area contributed by atoms with Gasteiger partial charge in [-0.1, -0.05) is 12.1 Å². The van der Waals surface area contributed by atoms with Gasteiger partial charge in [0.05, 0.1) is 18.9 Å². The lowest BCUT2D eigenvalue weighted by Crippen LogP contribution is -2.41. The summed E-state index contributed by atoms with van der Waals surface area (Å²) in [6, 6.07) is 11.2. The Bertz CT molecular complexity index is 943. The lowest BCUT2D eigenvalue weighted by Gasteiger charge is -2.12. The lowest BCUT2D eigenvalue weighted by atomic mass is 10.2. The molecule has 0 bridgehead atoms. The summed E-state index contributed by atoms with van der Waals surface area (Å²) in [4.78, 5) is 23.7. The second-order valence-corrected chi connectivity index (χ2v) is 7.10. The van der Waals surface area contributed by atoms with Crippen molar-refractivity contribution in [2.75, 3.05) is 19.8 Å². The highest BCUT2D eigenvalue weighted by Crippen LogP contribution is 2.29. The Morgan fingerprint density at radius 1 is 1.16 bits per heavy atom. The molecular formula is C23H26FN3O5. The highest BCUT2D eigenvalue weighted by molar-refractivity contribution is 6.35. The van der Waals surface area contributed by atoms with E-state index in [0.29, 0.717) is 36.8 Å². The van der Waals surface area contributed by atoms with Gasteiger partial charge in [-0.3, -0.25) is 9.59 Å². The van der Waals surface area contributed by atoms with Gasteiger partial charge < -0.3 is 19.5 Å². The molecule has 2 amide bonds. The molecule has 0 spiro atoms. The molecule has 1 atom stereocenters. The van der Waals surface area contributed by atoms with E-state index >= 15 is 0 Å². The highest BCUT2D eigenvalue weighted by atomic mass is 19.1. The van der Waals surface area contributed by atoms with Gasteiger partial charge in [0.15, 0.2) is 11.5 Å². The third kappa shape index (κ3) is 7.05. The standard InChI is InChI=1S/C23H26FN3O5/c1-2-30-21-12-17(7-10-20(21)32-15-16-5-8-18(24)9-6-16)13-26-27-23(29)22(28)25-14-19-4-3-11-31-19/h5-10,12-13,19H,2-4,11,14-15H2,1H3,(H,25,28)(H,27,29)/b26-13-/t19-/m1/s1. The van der Waals surface area contributed by atoms with E-state index < -0.39 is 11.8 Å². The molecule has 9 heteroatoms. The molecule has 0 aromatic heterocycles. The van der Waals surface area contributed by atoms with Gasteiger partial charge in [0.25, 0.3) is 0 Å². The van der Waals surface area contributed by atoms with E-state index in [0.717, 1.165) is 18.4 Å². The first-order valence-electron chi connectivity index (χ1n) is 10.4. The van der Waals surface area contributed by atoms with E-state index in [9.17, 15) is 14.0 Å². The summed E-state index contributed by atoms with van der Waals surface area (Å²) in [7, 11) is 0. The van der Waals surface area contributed by atoms with Crippen LogP contribution in [-0.4, -0.2) is 43.9 Å². The van der Waals surface area contributed by atoms with Crippen LogP contribution in [0.25, 0.3) is 0 Å². The van der Waals surface area contributed by atoms with Gasteiger partial charge >= 0.3 is 11.8 Å². The summed E-state index contributed by atoms with van der Waals surface area (Å²) in [5.74, 6) is -0.911. The minimum atomic E-state index is -0.858. The Morgan fingerprint density at radius 3 is 2.69 bits per heavy atom. The van der Waals surface area contributed by atoms with E-state index in [1.807, 2.05) is 6.92 Å². The maximum absolute atomic E-state index is 13.0. The van der Waals surface area contributed by atoms with Gasteiger partial charge in [-0.05, 0) is 61.2 Å². The number of halogens is 1. The number of nitrogens with zero attached hydrogens (tertiary/aromatic N) is 1. The predicted octanol–water partition coefficient (Wildman–Crippen LogP) is 2.55. The SMILES string of the molecule is CCOc1cc(/C=N\NC(=O)C(=O)NC[C@H]2CCCO2)ccc1OCc1ccc(F)cc1. The van der Waals surface area contributed by atoms with Gasteiger partial charge in [-0.2, -0.15) is 5.10 Å². The van der Waals surface area contributed by atoms with Crippen molar-refractivity contribution in [3.05, 3.63) is 59.4 Å². The molecule has 32 heavy (non-hydrogen) atoms. The van der Waals surface area contributed by atoms with E-state index in [4.69, 9.17) is 14.2 Å². The number of hydrogen-bond acceptors (Lipinski definition) is 6. The van der Waals surface area contributed by atoms with Crippen molar-refractivity contribution >= 4 is 18.0 Å². The van der Waals surface area contributed by atoms with E-state index in [2.05, 4.69) is 15.8 Å². The molecule has 0 unspecified atom stereocenters. The number of amides is 2. The minimum absolute atomic E-state index is 0.0453. The van der Waals surface area contributed by atoms with Crippen molar-refractivity contribution in [1.82, 2.24) is 10.7 Å². The molecule has 2 aromatic carbocycles. The zero-order chi connectivity index (χ0) is 22.8. The van der Waals surface area contributed by atoms with Crippen molar-refractivity contribution in [3.63, 3.8) is 0 Å². The number of carbonyl (C=O) groups excluding carboxylic acids is 2. The van der Waals surface area contributed by atoms with Crippen LogP contribution in [0.1, 0.15) is 30.9 Å². The van der Waals surface area contributed by atoms with Crippen molar-refractivity contribution in [2.45, 2.75) is 32.5 Å². The fourth-order valence-corrected chi connectivity index (χ4v) is 3.04. The monoisotopic (exact) mass is 443 g/mol. The minimum Gasteiger partial charge on any atom is -0.490 e. The maximum Gasteiger partial charge on any atom is 0.329 e. The van der Waals surface area contributed by atoms with Gasteiger partial charge in [0.1, 0.15) is 12.4 Å². The topological polar surface area (TPSA) is 98.2 Å². The first-order valence-corrected chi connectivity index (χ1v) is 10.4. The number of hydrazone groups is 1. The number of benzene rings is 2. The van der Waals surface area contributed by atoms with Crippen molar-refractivity contribution in [1.29, 1.82) is 0 Å². The van der Waals surface area contributed by atoms with Gasteiger partial charge in [0.2, 0.25) is 0 Å². The summed E-state index contributed by atoms with van der Waals surface area (Å²) in [5.41, 5.74) is 3.66. The maximum atomic E-state index is 13.0. The molecule has 1 heterocycles. The van der Waals surface area contributed by atoms with E-state index in [-0.39, 0.29) is 18.5 Å². The molecule has 1 fully saturated rings. The summed E-state index contributed by atoms with van der Waals surface area (Å²) in [5, 5.41) is 6.36. The van der Waals surface area contributed by atoms with Crippen molar-refractivity contribution in [3.8, 4) is 11.5 Å². The number of nitrogens with one attached hydrogen (secondary N) is 2. The van der Waals surface area contributed by atoms with Crippen LogP contribution in [-0.2, 0) is 20.9 Å². The quantitative estimate of drug-likeness (QED) is 0.353. The average molecular weight is 443 g/mol. The van der Waals surface area contributed by atoms with Crippen LogP contribution in [0.3, 0.4) is 0 Å². The smallest absolute Gasteiger partial charge is 0.329 e. The molecule has 2 N–H and O–H groups in total. The molecule has 170 valence electrons. The zero-order valence-electron chi connectivity index (χ0n) is 17.8. The molecule has 3 rings (SSSR count). The Labute approximate surface area is 185 Å². The molecule has 0 aliphatic carbocycles. The third-order valence-corrected chi connectivity index (χ3v) is 4.68. The second kappa shape index (κ2) is 11.8. The number of hydrogen-bond donors (Lipinski definition) is 2. The summed E-state index contributed by atoms with van der Waals surface area (Å²) in [6.45, 7) is 3.50. The van der Waals surface area contributed by atoms with Crippen LogP contribution in [0.2, 0.25) is 0 Å². The number of carbonyl (C=O) groups is 2. The van der Waals surface area contributed by atoms with Gasteiger partial charge in [0, 0.05) is 13.2 Å². The van der Waals surface area contributed by atoms with Crippen LogP contribution >= 0.6 is 0 Å². The Balaban J connectivity index is 1.53. The van der Waals surface area contributed by atoms with Crippen LogP contribution in [0.15, 0.2) is 47.6 Å². The molecule has 1 aliphatic heterocycles. The average Bonchev–Trinajstić information content (AvgIpc) is 3.32. The Hall–Kier alpha value is -3.46. The molecule has 8 nitrogen and oxygen atoms in total. The Kier molecular flexibility index (Phi) is 8.56. The molecule has 0 radical (unpaired) electrons. The zero-order valence-corrected chi connectivity index (χ0v) is 17.8. The molecule has 0 saturated carbocycles. The summed E-state index contributed by atoms with van der Waals surface area (Å²) >= 11 is 0. The fourth-order valence-electron chi connectivity index (χ4n) is 3.04. The first-order chi connectivity index (χ1) is 15.5. The molecule has 1 saturated heterocycles. The molecular weight excluding hydrogens is 417 g/mol. The van der Waals surface area contributed by atoms with Crippen molar-refractivity contribution in [2.24, 2.45) is 5.10 Å². The lowest BCUT2D eigenvalue weighted by molar-refractivity contribution is -0.139. The van der Waals surface area contributed by atoms with Gasteiger partial charge in [-0.25, -0.2) is 9.82 Å². The van der Waals surface area contributed by atoms with Crippen molar-refractivity contribution < 1.29 is 28.2 Å². The second-order valence-electron chi connectivity index (χ2n) is 7.10. The fraction of sp³-hybridized carbons (Fsp3) is 0.348.